The number of imide groups is 1. The van der Waals surface area contributed by atoms with E-state index in [0.717, 1.165) is 9.78 Å². The quantitative estimate of drug-likeness (QED) is 0.744. The largest absolute Gasteiger partial charge is 0.325 e. The van der Waals surface area contributed by atoms with Crippen LogP contribution in [0, 0.1) is 0 Å². The second kappa shape index (κ2) is 7.22. The highest BCUT2D eigenvalue weighted by molar-refractivity contribution is 7.89. The minimum Gasteiger partial charge on any atom is -0.325 e. The van der Waals surface area contributed by atoms with E-state index in [4.69, 9.17) is 5.14 Å². The first kappa shape index (κ1) is 19.2. The molecule has 2 N–H and O–H groups in total. The summed E-state index contributed by atoms with van der Waals surface area (Å²) in [7, 11) is -3.87. The van der Waals surface area contributed by atoms with Crippen LogP contribution in [0.2, 0.25) is 0 Å². The maximum atomic E-state index is 12.8. The Hall–Kier alpha value is -2.56. The Bertz CT molecular complexity index is 984. The van der Waals surface area contributed by atoms with E-state index in [0.29, 0.717) is 0 Å². The van der Waals surface area contributed by atoms with Gasteiger partial charge in [0, 0.05) is 11.8 Å². The van der Waals surface area contributed by atoms with E-state index in [1.807, 2.05) is 17.5 Å². The zero-order valence-electron chi connectivity index (χ0n) is 14.4. The molecule has 0 spiro atoms. The van der Waals surface area contributed by atoms with E-state index >= 15 is 0 Å². The van der Waals surface area contributed by atoms with Crippen LogP contribution in [0.3, 0.4) is 0 Å². The molecule has 1 aliphatic rings. The third kappa shape index (κ3) is 3.92. The average Bonchev–Trinajstić information content (AvgIpc) is 3.20. The molecule has 0 bridgehead atoms. The smallest absolute Gasteiger partial charge is 0.257 e. The molecule has 1 unspecified atom stereocenters. The fraction of sp³-hybridized carbons (Fsp3) is 0.235. The van der Waals surface area contributed by atoms with Crippen molar-refractivity contribution in [3.05, 3.63) is 46.7 Å². The van der Waals surface area contributed by atoms with E-state index in [2.05, 4.69) is 0 Å². The van der Waals surface area contributed by atoms with Crippen molar-refractivity contribution in [2.45, 2.75) is 30.8 Å². The summed E-state index contributed by atoms with van der Waals surface area (Å²) in [4.78, 5) is 40.5. The lowest BCUT2D eigenvalue weighted by molar-refractivity contribution is -0.137. The Kier molecular flexibility index (Phi) is 5.13. The van der Waals surface area contributed by atoms with Crippen LogP contribution in [0.15, 0.2) is 46.7 Å². The van der Waals surface area contributed by atoms with Gasteiger partial charge in [-0.05, 0) is 35.7 Å². The Morgan fingerprint density at radius 1 is 1.26 bits per heavy atom. The van der Waals surface area contributed by atoms with Gasteiger partial charge in [0.05, 0.1) is 23.5 Å². The molecule has 27 heavy (non-hydrogen) atoms. The third-order valence-electron chi connectivity index (χ3n) is 4.23. The average molecular weight is 407 g/mol. The number of sulfonamides is 1. The van der Waals surface area contributed by atoms with E-state index in [1.165, 1.54) is 47.4 Å². The lowest BCUT2D eigenvalue weighted by atomic mass is 10.2. The van der Waals surface area contributed by atoms with E-state index in [9.17, 15) is 22.8 Å². The molecule has 1 atom stereocenters. The summed E-state index contributed by atoms with van der Waals surface area (Å²) in [5.74, 6) is -1.28. The summed E-state index contributed by atoms with van der Waals surface area (Å²) in [5, 5.41) is 6.93. The first-order valence-corrected chi connectivity index (χ1v) is 10.4. The fourth-order valence-corrected chi connectivity index (χ4v) is 4.15. The monoisotopic (exact) mass is 407 g/mol. The molecule has 1 aromatic carbocycles. The standard InChI is InChI=1S/C17H17N3O5S2/c1-11(21)19(10-13-3-2-8-26-13)15-9-16(22)20(17(15)23)12-4-6-14(7-5-12)27(18,24)25/h2-8,15H,9-10H2,1H3,(H2,18,24,25). The molecule has 2 aromatic rings. The number of carbonyl (C=O) groups is 3. The number of rotatable bonds is 5. The van der Waals surface area contributed by atoms with Gasteiger partial charge in [0.15, 0.2) is 0 Å². The predicted octanol–water partition coefficient (Wildman–Crippen LogP) is 1.08. The van der Waals surface area contributed by atoms with Crippen LogP contribution in [0.25, 0.3) is 0 Å². The molecule has 8 nitrogen and oxygen atoms in total. The lowest BCUT2D eigenvalue weighted by Crippen LogP contribution is -2.44. The van der Waals surface area contributed by atoms with Crippen molar-refractivity contribution in [2.75, 3.05) is 4.90 Å². The number of anilines is 1. The van der Waals surface area contributed by atoms with Gasteiger partial charge in [-0.25, -0.2) is 18.5 Å². The van der Waals surface area contributed by atoms with Crippen LogP contribution in [0.4, 0.5) is 5.69 Å². The maximum absolute atomic E-state index is 12.8. The SMILES string of the molecule is CC(=O)N(Cc1cccs1)C1CC(=O)N(c2ccc(S(N)(=O)=O)cc2)C1=O. The molecule has 1 fully saturated rings. The normalized spacial score (nSPS) is 17.4. The number of hydrogen-bond donors (Lipinski definition) is 1. The zero-order chi connectivity index (χ0) is 19.8. The summed E-state index contributed by atoms with van der Waals surface area (Å²) >= 11 is 1.46. The molecule has 0 aliphatic carbocycles. The number of nitrogens with zero attached hydrogens (tertiary/aromatic N) is 2. The molecule has 3 rings (SSSR count). The molecular weight excluding hydrogens is 390 g/mol. The molecule has 0 saturated carbocycles. The first-order valence-electron chi connectivity index (χ1n) is 7.97. The molecule has 142 valence electrons. The Balaban J connectivity index is 1.86. The van der Waals surface area contributed by atoms with Gasteiger partial charge in [0.25, 0.3) is 5.91 Å². The maximum Gasteiger partial charge on any atom is 0.257 e. The van der Waals surface area contributed by atoms with Gasteiger partial charge in [0.2, 0.25) is 21.8 Å². The van der Waals surface area contributed by atoms with Gasteiger partial charge in [-0.1, -0.05) is 6.07 Å². The number of benzene rings is 1. The van der Waals surface area contributed by atoms with Crippen LogP contribution in [-0.4, -0.2) is 37.1 Å². The summed E-state index contributed by atoms with van der Waals surface area (Å²) < 4.78 is 22.7. The van der Waals surface area contributed by atoms with Gasteiger partial charge in [-0.2, -0.15) is 0 Å². The number of thiophene rings is 1. The van der Waals surface area contributed by atoms with Crippen LogP contribution >= 0.6 is 11.3 Å². The predicted molar refractivity (Wildman–Crippen MR) is 99.3 cm³/mol. The van der Waals surface area contributed by atoms with Gasteiger partial charge < -0.3 is 4.90 Å². The highest BCUT2D eigenvalue weighted by Crippen LogP contribution is 2.28. The molecule has 3 amide bonds. The number of amides is 3. The summed E-state index contributed by atoms with van der Waals surface area (Å²) in [6.07, 6.45) is -0.124. The van der Waals surface area contributed by atoms with Crippen LogP contribution < -0.4 is 10.0 Å². The van der Waals surface area contributed by atoms with E-state index < -0.39 is 27.9 Å². The van der Waals surface area contributed by atoms with Crippen molar-refractivity contribution >= 4 is 44.8 Å². The number of carbonyl (C=O) groups excluding carboxylic acids is 3. The topological polar surface area (TPSA) is 118 Å². The van der Waals surface area contributed by atoms with Crippen molar-refractivity contribution < 1.29 is 22.8 Å². The highest BCUT2D eigenvalue weighted by atomic mass is 32.2. The van der Waals surface area contributed by atoms with Crippen molar-refractivity contribution in [2.24, 2.45) is 5.14 Å². The fourth-order valence-electron chi connectivity index (χ4n) is 2.93. The van der Waals surface area contributed by atoms with Crippen molar-refractivity contribution in [3.8, 4) is 0 Å². The van der Waals surface area contributed by atoms with Crippen LogP contribution in [0.1, 0.15) is 18.2 Å². The number of nitrogens with two attached hydrogens (primary N) is 1. The van der Waals surface area contributed by atoms with Crippen molar-refractivity contribution in [1.29, 1.82) is 0 Å². The van der Waals surface area contributed by atoms with Crippen LogP contribution in [0.5, 0.6) is 0 Å². The Morgan fingerprint density at radius 3 is 2.44 bits per heavy atom. The summed E-state index contributed by atoms with van der Waals surface area (Å²) in [5.41, 5.74) is 0.236. The second-order valence-corrected chi connectivity index (χ2v) is 8.65. The molecule has 1 aliphatic heterocycles. The number of hydrogen-bond acceptors (Lipinski definition) is 6. The lowest BCUT2D eigenvalue weighted by Gasteiger charge is -2.26. The van der Waals surface area contributed by atoms with Crippen molar-refractivity contribution in [1.82, 2.24) is 4.90 Å². The van der Waals surface area contributed by atoms with Crippen LogP contribution in [-0.2, 0) is 31.0 Å². The zero-order valence-corrected chi connectivity index (χ0v) is 16.0. The van der Waals surface area contributed by atoms with Crippen molar-refractivity contribution in [3.63, 3.8) is 0 Å². The molecule has 10 heteroatoms. The Morgan fingerprint density at radius 2 is 1.93 bits per heavy atom. The molecule has 1 aromatic heterocycles. The van der Waals surface area contributed by atoms with E-state index in [1.54, 1.807) is 0 Å². The summed E-state index contributed by atoms with van der Waals surface area (Å²) in [6.45, 7) is 1.60. The minimum absolute atomic E-state index is 0.120. The van der Waals surface area contributed by atoms with Gasteiger partial charge in [0.1, 0.15) is 6.04 Å². The second-order valence-electron chi connectivity index (χ2n) is 6.05. The molecule has 2 heterocycles. The Labute approximate surface area is 160 Å². The molecular formula is C17H17N3O5S2. The molecule has 1 saturated heterocycles. The molecule has 0 radical (unpaired) electrons. The van der Waals surface area contributed by atoms with E-state index in [-0.39, 0.29) is 29.5 Å². The first-order chi connectivity index (χ1) is 12.7. The van der Waals surface area contributed by atoms with Gasteiger partial charge in [-0.3, -0.25) is 14.4 Å². The summed E-state index contributed by atoms with van der Waals surface area (Å²) in [6, 6.07) is 7.95. The minimum atomic E-state index is -3.87. The van der Waals surface area contributed by atoms with Gasteiger partial charge in [-0.15, -0.1) is 11.3 Å². The van der Waals surface area contributed by atoms with Gasteiger partial charge >= 0.3 is 0 Å². The highest BCUT2D eigenvalue weighted by Gasteiger charge is 2.43. The number of primary sulfonamides is 1. The third-order valence-corrected chi connectivity index (χ3v) is 6.02.